The predicted molar refractivity (Wildman–Crippen MR) is 118 cm³/mol. The summed E-state index contributed by atoms with van der Waals surface area (Å²) in [6.45, 7) is 10.8. The third kappa shape index (κ3) is 7.15. The molecule has 0 heterocycles. The minimum absolute atomic E-state index is 0.203. The Morgan fingerprint density at radius 1 is 1.13 bits per heavy atom. The normalized spacial score (nSPS) is 13.2. The summed E-state index contributed by atoms with van der Waals surface area (Å²) in [6, 6.07) is 3.45. The lowest BCUT2D eigenvalue weighted by molar-refractivity contribution is -0.147. The van der Waals surface area contributed by atoms with Gasteiger partial charge >= 0.3 is 12.1 Å². The fourth-order valence-corrected chi connectivity index (χ4v) is 3.09. The summed E-state index contributed by atoms with van der Waals surface area (Å²) in [6.07, 6.45) is 0.0267. The van der Waals surface area contributed by atoms with Crippen LogP contribution in [0.4, 0.5) is 4.79 Å². The molecular formula is C23H36N2O6. The van der Waals surface area contributed by atoms with Gasteiger partial charge in [-0.2, -0.15) is 0 Å². The summed E-state index contributed by atoms with van der Waals surface area (Å²) < 4.78 is 15.7. The quantitative estimate of drug-likeness (QED) is 0.627. The first-order valence-corrected chi connectivity index (χ1v) is 10.4. The molecule has 0 fully saturated rings. The summed E-state index contributed by atoms with van der Waals surface area (Å²) in [4.78, 5) is 39.5. The molecule has 1 rings (SSSR count). The molecule has 1 N–H and O–H groups in total. The maximum absolute atomic E-state index is 13.3. The number of esters is 1. The van der Waals surface area contributed by atoms with Gasteiger partial charge in [0.05, 0.1) is 14.2 Å². The van der Waals surface area contributed by atoms with Crippen LogP contribution in [0.2, 0.25) is 0 Å². The number of likely N-dealkylation sites (N-methyl/N-ethyl adjacent to an activating group) is 1. The van der Waals surface area contributed by atoms with Gasteiger partial charge in [0.2, 0.25) is 5.91 Å². The Morgan fingerprint density at radius 2 is 1.74 bits per heavy atom. The number of nitrogens with one attached hydrogen (secondary N) is 1. The van der Waals surface area contributed by atoms with Gasteiger partial charge in [0.15, 0.2) is 0 Å². The molecule has 2 amide bonds. The zero-order chi connectivity index (χ0) is 23.9. The highest BCUT2D eigenvalue weighted by Crippen LogP contribution is 2.28. The van der Waals surface area contributed by atoms with Crippen LogP contribution in [0, 0.1) is 5.92 Å². The largest absolute Gasteiger partial charge is 0.496 e. The van der Waals surface area contributed by atoms with Crippen molar-refractivity contribution < 1.29 is 28.6 Å². The van der Waals surface area contributed by atoms with E-state index in [2.05, 4.69) is 5.32 Å². The van der Waals surface area contributed by atoms with E-state index in [0.717, 1.165) is 5.56 Å². The molecule has 2 atom stereocenters. The molecule has 1 aromatic rings. The van der Waals surface area contributed by atoms with Crippen LogP contribution in [0.1, 0.15) is 58.7 Å². The summed E-state index contributed by atoms with van der Waals surface area (Å²) in [5, 5.41) is 2.74. The number of benzene rings is 1. The predicted octanol–water partition coefficient (Wildman–Crippen LogP) is 3.48. The van der Waals surface area contributed by atoms with Crippen molar-refractivity contribution in [3.05, 3.63) is 29.3 Å². The van der Waals surface area contributed by atoms with E-state index in [-0.39, 0.29) is 5.92 Å². The van der Waals surface area contributed by atoms with E-state index >= 15 is 0 Å². The van der Waals surface area contributed by atoms with E-state index in [1.54, 1.807) is 53.9 Å². The third-order valence-electron chi connectivity index (χ3n) is 4.74. The molecule has 0 saturated heterocycles. The number of methoxy groups -OCH3 is 2. The molecule has 8 heteroatoms. The smallest absolute Gasteiger partial charge is 0.410 e. The van der Waals surface area contributed by atoms with Gasteiger partial charge < -0.3 is 19.5 Å². The van der Waals surface area contributed by atoms with E-state index in [1.165, 1.54) is 19.1 Å². The molecule has 2 unspecified atom stereocenters. The van der Waals surface area contributed by atoms with Crippen molar-refractivity contribution in [3.63, 3.8) is 0 Å². The van der Waals surface area contributed by atoms with Gasteiger partial charge in [-0.1, -0.05) is 26.8 Å². The molecule has 0 aliphatic heterocycles. The van der Waals surface area contributed by atoms with E-state index < -0.39 is 35.7 Å². The number of carbonyl (C=O) groups is 3. The highest BCUT2D eigenvalue weighted by atomic mass is 16.6. The molecule has 0 saturated carbocycles. The highest BCUT2D eigenvalue weighted by molar-refractivity contribution is 5.90. The number of amides is 2. The first kappa shape index (κ1) is 26.3. The van der Waals surface area contributed by atoms with Crippen molar-refractivity contribution in [2.24, 2.45) is 5.92 Å². The minimum Gasteiger partial charge on any atom is -0.496 e. The summed E-state index contributed by atoms with van der Waals surface area (Å²) >= 11 is 0. The van der Waals surface area contributed by atoms with Crippen molar-refractivity contribution in [2.75, 3.05) is 21.3 Å². The molecule has 1 aromatic carbocycles. The summed E-state index contributed by atoms with van der Waals surface area (Å²) in [5.74, 6) is -0.568. The van der Waals surface area contributed by atoms with E-state index in [1.807, 2.05) is 13.0 Å². The lowest BCUT2D eigenvalue weighted by atomic mass is 9.98. The van der Waals surface area contributed by atoms with E-state index in [0.29, 0.717) is 17.7 Å². The molecule has 0 aliphatic rings. The van der Waals surface area contributed by atoms with Crippen LogP contribution in [0.5, 0.6) is 5.75 Å². The first-order valence-electron chi connectivity index (χ1n) is 10.4. The summed E-state index contributed by atoms with van der Waals surface area (Å²) in [5.41, 5.74) is 0.743. The van der Waals surface area contributed by atoms with Gasteiger partial charge in [-0.15, -0.1) is 0 Å². The molecule has 174 valence electrons. The van der Waals surface area contributed by atoms with Crippen molar-refractivity contribution in [1.29, 1.82) is 0 Å². The average Bonchev–Trinajstić information content (AvgIpc) is 2.69. The van der Waals surface area contributed by atoms with Gasteiger partial charge in [-0.25, -0.2) is 9.59 Å². The second kappa shape index (κ2) is 11.0. The fraction of sp³-hybridized carbons (Fsp3) is 0.609. The van der Waals surface area contributed by atoms with E-state index in [9.17, 15) is 14.4 Å². The Kier molecular flexibility index (Phi) is 9.34. The first-order chi connectivity index (χ1) is 14.4. The molecule has 0 aliphatic carbocycles. The number of ether oxygens (including phenoxy) is 3. The number of aryl methyl sites for hydroxylation is 1. The summed E-state index contributed by atoms with van der Waals surface area (Å²) in [7, 11) is 4.34. The molecule has 0 aromatic heterocycles. The number of nitrogens with zero attached hydrogens (tertiary/aromatic N) is 1. The SMILES string of the molecule is CCc1cc(C(C(=O)NC(C(=O)OC)C(C)C)N(C)C(=O)OC(C)(C)C)ccc1OC. The number of carbonyl (C=O) groups excluding carboxylic acids is 3. The van der Waals surface area contributed by atoms with Crippen molar-refractivity contribution in [3.8, 4) is 5.75 Å². The Hall–Kier alpha value is -2.77. The lowest BCUT2D eigenvalue weighted by Gasteiger charge is -2.32. The molecular weight excluding hydrogens is 400 g/mol. The third-order valence-corrected chi connectivity index (χ3v) is 4.74. The number of rotatable bonds is 8. The van der Waals surface area contributed by atoms with Crippen molar-refractivity contribution in [2.45, 2.75) is 65.6 Å². The van der Waals surface area contributed by atoms with Crippen LogP contribution in [0.3, 0.4) is 0 Å². The Morgan fingerprint density at radius 3 is 2.19 bits per heavy atom. The van der Waals surface area contributed by atoms with Gasteiger partial charge in [0, 0.05) is 7.05 Å². The Labute approximate surface area is 185 Å². The zero-order valence-corrected chi connectivity index (χ0v) is 20.1. The maximum atomic E-state index is 13.3. The maximum Gasteiger partial charge on any atom is 0.410 e. The van der Waals surface area contributed by atoms with Crippen LogP contribution in [-0.2, 0) is 25.5 Å². The second-order valence-corrected chi connectivity index (χ2v) is 8.67. The van der Waals surface area contributed by atoms with E-state index in [4.69, 9.17) is 14.2 Å². The van der Waals surface area contributed by atoms with Crippen LogP contribution in [0.15, 0.2) is 18.2 Å². The standard InChI is InChI=1S/C23H36N2O6/c1-10-15-13-16(11-12-17(15)29-8)19(25(7)22(28)31-23(4,5)6)20(26)24-18(14(2)3)21(27)30-9/h11-14,18-19H,10H2,1-9H3,(H,24,26). The van der Waals surface area contributed by atoms with Gasteiger partial charge in [-0.3, -0.25) is 9.69 Å². The van der Waals surface area contributed by atoms with Gasteiger partial charge in [0.1, 0.15) is 23.4 Å². The van der Waals surface area contributed by atoms with Crippen LogP contribution >= 0.6 is 0 Å². The highest BCUT2D eigenvalue weighted by Gasteiger charge is 2.35. The Balaban J connectivity index is 3.41. The van der Waals surface area contributed by atoms with Crippen LogP contribution in [-0.4, -0.2) is 55.8 Å². The lowest BCUT2D eigenvalue weighted by Crippen LogP contribution is -2.50. The number of hydrogen-bond acceptors (Lipinski definition) is 6. The van der Waals surface area contributed by atoms with Gasteiger partial charge in [-0.05, 0) is 56.4 Å². The zero-order valence-electron chi connectivity index (χ0n) is 20.1. The van der Waals surface area contributed by atoms with Gasteiger partial charge in [0.25, 0.3) is 0 Å². The minimum atomic E-state index is -1.02. The molecule has 0 radical (unpaired) electrons. The molecule has 8 nitrogen and oxygen atoms in total. The van der Waals surface area contributed by atoms with Crippen LogP contribution in [0.25, 0.3) is 0 Å². The molecule has 31 heavy (non-hydrogen) atoms. The van der Waals surface area contributed by atoms with Crippen molar-refractivity contribution >= 4 is 18.0 Å². The average molecular weight is 437 g/mol. The number of hydrogen-bond donors (Lipinski definition) is 1. The molecule has 0 bridgehead atoms. The second-order valence-electron chi connectivity index (χ2n) is 8.67. The Bertz CT molecular complexity index is 785. The van der Waals surface area contributed by atoms with Crippen LogP contribution < -0.4 is 10.1 Å². The monoisotopic (exact) mass is 436 g/mol. The molecule has 0 spiro atoms. The fourth-order valence-electron chi connectivity index (χ4n) is 3.09. The topological polar surface area (TPSA) is 94.2 Å². The van der Waals surface area contributed by atoms with Crippen molar-refractivity contribution in [1.82, 2.24) is 10.2 Å².